The molecular formula is C76H143NO8. The van der Waals surface area contributed by atoms with Gasteiger partial charge in [-0.05, 0) is 70.6 Å². The highest BCUT2D eigenvalue weighted by molar-refractivity contribution is 5.76. The van der Waals surface area contributed by atoms with Gasteiger partial charge in [0.1, 0.15) is 24.4 Å². The van der Waals surface area contributed by atoms with Gasteiger partial charge in [0.25, 0.3) is 0 Å². The second-order valence-corrected chi connectivity index (χ2v) is 26.1. The van der Waals surface area contributed by atoms with Crippen LogP contribution >= 0.6 is 0 Å². The van der Waals surface area contributed by atoms with Gasteiger partial charge in [-0.2, -0.15) is 0 Å². The van der Waals surface area contributed by atoms with E-state index >= 15 is 0 Å². The van der Waals surface area contributed by atoms with Crippen LogP contribution in [0.25, 0.3) is 0 Å². The number of hydrogen-bond donors (Lipinski definition) is 6. The molecule has 9 heteroatoms. The lowest BCUT2D eigenvalue weighted by atomic mass is 9.99. The summed E-state index contributed by atoms with van der Waals surface area (Å²) in [6.07, 6.45) is 82.5. The van der Waals surface area contributed by atoms with Gasteiger partial charge in [-0.3, -0.25) is 4.79 Å². The SMILES string of the molecule is CCCCCCCCCC/C=C\CCCCCCCCCCCCCCCCCCCCCCCC(=O)NC(COC1OC(CO)C(O)C(O)C1O)C(O)/C=C/CC/C=C/CC/C=C/CCCCCCCCCCCCCCCCCCCCC. The van der Waals surface area contributed by atoms with Crippen molar-refractivity contribution in [1.29, 1.82) is 0 Å². The Bertz CT molecular complexity index is 1480. The number of aliphatic hydroxyl groups is 5. The van der Waals surface area contributed by atoms with E-state index in [2.05, 4.69) is 55.6 Å². The fourth-order valence-electron chi connectivity index (χ4n) is 12.0. The maximum Gasteiger partial charge on any atom is 0.220 e. The molecule has 0 radical (unpaired) electrons. The molecule has 1 fully saturated rings. The molecule has 1 aliphatic heterocycles. The zero-order valence-electron chi connectivity index (χ0n) is 56.1. The van der Waals surface area contributed by atoms with Crippen LogP contribution in [0.3, 0.4) is 0 Å². The Balaban J connectivity index is 2.12. The van der Waals surface area contributed by atoms with E-state index in [1.807, 2.05) is 6.08 Å². The summed E-state index contributed by atoms with van der Waals surface area (Å²) in [5.74, 6) is -0.184. The zero-order chi connectivity index (χ0) is 61.4. The highest BCUT2D eigenvalue weighted by atomic mass is 16.7. The number of rotatable bonds is 66. The fourth-order valence-corrected chi connectivity index (χ4v) is 12.0. The molecule has 0 bridgehead atoms. The van der Waals surface area contributed by atoms with Gasteiger partial charge in [-0.1, -0.05) is 345 Å². The van der Waals surface area contributed by atoms with Gasteiger partial charge < -0.3 is 40.3 Å². The normalized spacial score (nSPS) is 18.3. The van der Waals surface area contributed by atoms with Gasteiger partial charge in [0.05, 0.1) is 25.4 Å². The van der Waals surface area contributed by atoms with Crippen LogP contribution in [0.2, 0.25) is 0 Å². The van der Waals surface area contributed by atoms with E-state index in [0.717, 1.165) is 44.9 Å². The van der Waals surface area contributed by atoms with Crippen LogP contribution < -0.4 is 5.32 Å². The lowest BCUT2D eigenvalue weighted by molar-refractivity contribution is -0.302. The van der Waals surface area contributed by atoms with Gasteiger partial charge >= 0.3 is 0 Å². The Labute approximate surface area is 526 Å². The molecule has 0 spiro atoms. The van der Waals surface area contributed by atoms with Crippen molar-refractivity contribution in [1.82, 2.24) is 5.32 Å². The van der Waals surface area contributed by atoms with Gasteiger partial charge in [0.2, 0.25) is 5.91 Å². The number of ether oxygens (including phenoxy) is 2. The van der Waals surface area contributed by atoms with Crippen LogP contribution in [0.4, 0.5) is 0 Å². The number of unbranched alkanes of at least 4 members (excludes halogenated alkanes) is 50. The molecule has 1 amide bonds. The Morgan fingerprint density at radius 2 is 0.671 bits per heavy atom. The summed E-state index contributed by atoms with van der Waals surface area (Å²) < 4.78 is 11.3. The minimum Gasteiger partial charge on any atom is -0.394 e. The van der Waals surface area contributed by atoms with E-state index in [4.69, 9.17) is 9.47 Å². The van der Waals surface area contributed by atoms with Crippen molar-refractivity contribution >= 4 is 5.91 Å². The number of hydrogen-bond acceptors (Lipinski definition) is 8. The summed E-state index contributed by atoms with van der Waals surface area (Å²) >= 11 is 0. The van der Waals surface area contributed by atoms with E-state index < -0.39 is 49.5 Å². The van der Waals surface area contributed by atoms with E-state index in [9.17, 15) is 30.3 Å². The first-order valence-corrected chi connectivity index (χ1v) is 37.4. The third kappa shape index (κ3) is 53.7. The third-order valence-corrected chi connectivity index (χ3v) is 17.9. The predicted octanol–water partition coefficient (Wildman–Crippen LogP) is 20.8. The highest BCUT2D eigenvalue weighted by Gasteiger charge is 2.44. The second kappa shape index (κ2) is 65.1. The van der Waals surface area contributed by atoms with Gasteiger partial charge in [0.15, 0.2) is 6.29 Å². The molecule has 1 saturated heterocycles. The Kier molecular flexibility index (Phi) is 62.2. The van der Waals surface area contributed by atoms with Crippen LogP contribution in [0.1, 0.15) is 373 Å². The zero-order valence-corrected chi connectivity index (χ0v) is 56.1. The van der Waals surface area contributed by atoms with Crippen molar-refractivity contribution in [3.05, 3.63) is 48.6 Å². The summed E-state index contributed by atoms with van der Waals surface area (Å²) in [6, 6.07) is -0.830. The van der Waals surface area contributed by atoms with Crippen molar-refractivity contribution in [2.75, 3.05) is 13.2 Å². The number of allylic oxidation sites excluding steroid dienone is 7. The minimum absolute atomic E-state index is 0.184. The lowest BCUT2D eigenvalue weighted by Gasteiger charge is -2.40. The molecule has 0 aromatic carbocycles. The molecule has 85 heavy (non-hydrogen) atoms. The molecule has 6 N–H and O–H groups in total. The van der Waals surface area contributed by atoms with Crippen molar-refractivity contribution in [2.24, 2.45) is 0 Å². The summed E-state index contributed by atoms with van der Waals surface area (Å²) in [7, 11) is 0. The second-order valence-electron chi connectivity index (χ2n) is 26.1. The number of amides is 1. The topological polar surface area (TPSA) is 149 Å². The van der Waals surface area contributed by atoms with E-state index in [1.165, 1.54) is 308 Å². The maximum atomic E-state index is 13.1. The first kappa shape index (κ1) is 81.2. The first-order chi connectivity index (χ1) is 41.8. The molecule has 0 aromatic heterocycles. The molecular weight excluding hydrogens is 1050 g/mol. The van der Waals surface area contributed by atoms with Crippen LogP contribution in [-0.4, -0.2) is 87.5 Å². The van der Waals surface area contributed by atoms with Crippen molar-refractivity contribution in [3.63, 3.8) is 0 Å². The molecule has 500 valence electrons. The van der Waals surface area contributed by atoms with Gasteiger partial charge in [-0.25, -0.2) is 0 Å². The standard InChI is InChI=1S/C76H143NO8/c1-3-5-7-9-11-13-15-17-19-21-23-25-27-29-31-33-34-35-36-38-40-42-44-46-48-50-52-54-56-58-60-62-64-66-72(80)77-69(68-84-76-75(83)74(82)73(81)71(67-78)85-76)70(79)65-63-61-59-57-55-53-51-49-47-45-43-41-39-37-32-30-28-26-24-22-20-18-16-14-12-10-8-6-4-2/h21,23,47,49,55,57,63,65,69-71,73-76,78-79,81-83H,3-20,22,24-46,48,50-54,56,58-62,64,66-68H2,1-2H3,(H,77,80)/b23-21-,49-47+,57-55+,65-63+. The summed E-state index contributed by atoms with van der Waals surface area (Å²) in [4.78, 5) is 13.1. The van der Waals surface area contributed by atoms with Crippen LogP contribution in [-0.2, 0) is 14.3 Å². The van der Waals surface area contributed by atoms with Gasteiger partial charge in [0, 0.05) is 6.42 Å². The number of aliphatic hydroxyl groups excluding tert-OH is 5. The van der Waals surface area contributed by atoms with E-state index in [1.54, 1.807) is 6.08 Å². The largest absolute Gasteiger partial charge is 0.394 e. The molecule has 1 heterocycles. The summed E-state index contributed by atoms with van der Waals surface area (Å²) in [6.45, 7) is 3.81. The Morgan fingerprint density at radius 1 is 0.388 bits per heavy atom. The quantitative estimate of drug-likeness (QED) is 0.0261. The van der Waals surface area contributed by atoms with Gasteiger partial charge in [-0.15, -0.1) is 0 Å². The molecule has 7 unspecified atom stereocenters. The first-order valence-electron chi connectivity index (χ1n) is 37.4. The number of carbonyl (C=O) groups is 1. The van der Waals surface area contributed by atoms with Crippen LogP contribution in [0.5, 0.6) is 0 Å². The van der Waals surface area contributed by atoms with E-state index in [-0.39, 0.29) is 12.5 Å². The Morgan fingerprint density at radius 3 is 0.988 bits per heavy atom. The van der Waals surface area contributed by atoms with Crippen LogP contribution in [0, 0.1) is 0 Å². The lowest BCUT2D eigenvalue weighted by Crippen LogP contribution is -2.60. The number of nitrogens with one attached hydrogen (secondary N) is 1. The van der Waals surface area contributed by atoms with Crippen molar-refractivity contribution in [2.45, 2.75) is 416 Å². The van der Waals surface area contributed by atoms with Crippen molar-refractivity contribution < 1.29 is 39.8 Å². The predicted molar refractivity (Wildman–Crippen MR) is 364 cm³/mol. The van der Waals surface area contributed by atoms with Crippen molar-refractivity contribution in [3.8, 4) is 0 Å². The smallest absolute Gasteiger partial charge is 0.220 e. The molecule has 1 aliphatic rings. The molecule has 0 aliphatic carbocycles. The fraction of sp³-hybridized carbons (Fsp3) is 0.882. The molecule has 1 rings (SSSR count). The molecule has 7 atom stereocenters. The molecule has 9 nitrogen and oxygen atoms in total. The number of carbonyl (C=O) groups excluding carboxylic acids is 1. The Hall–Kier alpha value is -1.85. The summed E-state index contributed by atoms with van der Waals surface area (Å²) in [5, 5.41) is 54.8. The third-order valence-electron chi connectivity index (χ3n) is 17.9. The average Bonchev–Trinajstić information content (AvgIpc) is 3.68. The monoisotopic (exact) mass is 1200 g/mol. The van der Waals surface area contributed by atoms with E-state index in [0.29, 0.717) is 6.42 Å². The van der Waals surface area contributed by atoms with Crippen LogP contribution in [0.15, 0.2) is 48.6 Å². The molecule has 0 aromatic rings. The average molecular weight is 1200 g/mol. The molecule has 0 saturated carbocycles. The maximum absolute atomic E-state index is 13.1. The highest BCUT2D eigenvalue weighted by Crippen LogP contribution is 2.24. The summed E-state index contributed by atoms with van der Waals surface area (Å²) in [5.41, 5.74) is 0. The minimum atomic E-state index is -1.58.